The molecule has 3 aromatic carbocycles. The molecule has 3 rings (SSSR count). The van der Waals surface area contributed by atoms with Crippen molar-refractivity contribution in [2.24, 2.45) is 0 Å². The predicted molar refractivity (Wildman–Crippen MR) is 108 cm³/mol. The summed E-state index contributed by atoms with van der Waals surface area (Å²) in [7, 11) is 0. The van der Waals surface area contributed by atoms with Gasteiger partial charge in [0.25, 0.3) is 5.91 Å². The maximum atomic E-state index is 12.7. The topological polar surface area (TPSA) is 92.7 Å². The van der Waals surface area contributed by atoms with Crippen molar-refractivity contribution >= 4 is 34.9 Å². The summed E-state index contributed by atoms with van der Waals surface area (Å²) >= 11 is 5.80. The van der Waals surface area contributed by atoms with Crippen molar-refractivity contribution in [3.8, 4) is 5.75 Å². The third kappa shape index (κ3) is 5.00. The Kier molecular flexibility index (Phi) is 6.26. The minimum Gasteiger partial charge on any atom is -0.507 e. The van der Waals surface area contributed by atoms with Gasteiger partial charge in [-0.05, 0) is 30.3 Å². The van der Waals surface area contributed by atoms with Gasteiger partial charge in [-0.1, -0.05) is 54.1 Å². The summed E-state index contributed by atoms with van der Waals surface area (Å²) in [4.78, 5) is 37.0. The molecular formula is C22H16ClNO5. The number of amides is 1. The fourth-order valence-corrected chi connectivity index (χ4v) is 2.77. The molecule has 0 fully saturated rings. The number of ether oxygens (including phenoxy) is 1. The molecule has 0 bridgehead atoms. The van der Waals surface area contributed by atoms with E-state index in [9.17, 15) is 19.5 Å². The monoisotopic (exact) mass is 409 g/mol. The summed E-state index contributed by atoms with van der Waals surface area (Å²) < 4.78 is 4.93. The predicted octanol–water partition coefficient (Wildman–Crippen LogP) is 4.07. The third-order valence-electron chi connectivity index (χ3n) is 3.99. The number of para-hydroxylation sites is 1. The van der Waals surface area contributed by atoms with Crippen LogP contribution in [0.5, 0.6) is 5.75 Å². The second-order valence-electron chi connectivity index (χ2n) is 6.03. The van der Waals surface area contributed by atoms with E-state index in [1.165, 1.54) is 18.2 Å². The average molecular weight is 410 g/mol. The summed E-state index contributed by atoms with van der Waals surface area (Å²) in [5.41, 5.74) is 0.945. The number of rotatable bonds is 6. The molecule has 0 spiro atoms. The van der Waals surface area contributed by atoms with Crippen LogP contribution in [0.2, 0.25) is 5.02 Å². The number of phenols is 1. The Morgan fingerprint density at radius 1 is 0.897 bits per heavy atom. The summed E-state index contributed by atoms with van der Waals surface area (Å²) in [6, 6.07) is 19.1. The molecule has 0 aliphatic heterocycles. The van der Waals surface area contributed by atoms with Crippen LogP contribution in [0, 0.1) is 0 Å². The maximum Gasteiger partial charge on any atom is 0.342 e. The van der Waals surface area contributed by atoms with Crippen molar-refractivity contribution < 1.29 is 24.2 Å². The molecule has 7 heteroatoms. The Hall–Kier alpha value is -3.64. The SMILES string of the molecule is O=C(COC(=O)c1cc(Cl)ccc1O)Nc1ccccc1C(=O)c1ccccc1. The number of esters is 1. The van der Waals surface area contributed by atoms with Gasteiger partial charge in [-0.25, -0.2) is 4.79 Å². The Morgan fingerprint density at radius 2 is 1.59 bits per heavy atom. The summed E-state index contributed by atoms with van der Waals surface area (Å²) in [6.45, 7) is -0.599. The molecule has 0 aliphatic rings. The number of halogens is 1. The van der Waals surface area contributed by atoms with Crippen LogP contribution < -0.4 is 5.32 Å². The van der Waals surface area contributed by atoms with E-state index in [0.29, 0.717) is 16.8 Å². The van der Waals surface area contributed by atoms with E-state index in [4.69, 9.17) is 16.3 Å². The number of benzene rings is 3. The highest BCUT2D eigenvalue weighted by Gasteiger charge is 2.17. The van der Waals surface area contributed by atoms with Crippen LogP contribution in [-0.4, -0.2) is 29.4 Å². The molecule has 29 heavy (non-hydrogen) atoms. The number of phenolic OH excluding ortho intramolecular Hbond substituents is 1. The second-order valence-corrected chi connectivity index (χ2v) is 6.46. The number of ketones is 1. The van der Waals surface area contributed by atoms with Gasteiger partial charge in [0.2, 0.25) is 0 Å². The fourth-order valence-electron chi connectivity index (χ4n) is 2.60. The van der Waals surface area contributed by atoms with E-state index in [2.05, 4.69) is 5.32 Å². The lowest BCUT2D eigenvalue weighted by Gasteiger charge is -2.11. The van der Waals surface area contributed by atoms with Crippen molar-refractivity contribution in [1.82, 2.24) is 0 Å². The van der Waals surface area contributed by atoms with E-state index < -0.39 is 18.5 Å². The number of hydrogen-bond donors (Lipinski definition) is 2. The molecule has 0 atom stereocenters. The zero-order valence-corrected chi connectivity index (χ0v) is 15.8. The van der Waals surface area contributed by atoms with Crippen LogP contribution in [0.15, 0.2) is 72.8 Å². The highest BCUT2D eigenvalue weighted by molar-refractivity contribution is 6.31. The van der Waals surface area contributed by atoms with Crippen LogP contribution >= 0.6 is 11.6 Å². The van der Waals surface area contributed by atoms with Gasteiger partial charge in [0.1, 0.15) is 11.3 Å². The first-order chi connectivity index (χ1) is 14.0. The van der Waals surface area contributed by atoms with Crippen LogP contribution in [0.25, 0.3) is 0 Å². The molecule has 2 N–H and O–H groups in total. The van der Waals surface area contributed by atoms with Crippen LogP contribution in [0.4, 0.5) is 5.69 Å². The maximum absolute atomic E-state index is 12.7. The van der Waals surface area contributed by atoms with Crippen LogP contribution in [-0.2, 0) is 9.53 Å². The molecule has 0 radical (unpaired) electrons. The first kappa shape index (κ1) is 20.1. The van der Waals surface area contributed by atoms with Gasteiger partial charge in [-0.3, -0.25) is 9.59 Å². The standard InChI is InChI=1S/C22H16ClNO5/c23-15-10-11-19(25)17(12-15)22(28)29-13-20(26)24-18-9-5-4-8-16(18)21(27)14-6-2-1-3-7-14/h1-12,25H,13H2,(H,24,26). The van der Waals surface area contributed by atoms with Gasteiger partial charge < -0.3 is 15.2 Å². The molecule has 0 aliphatic carbocycles. The van der Waals surface area contributed by atoms with Crippen molar-refractivity contribution in [2.75, 3.05) is 11.9 Å². The molecule has 6 nitrogen and oxygen atoms in total. The van der Waals surface area contributed by atoms with Crippen molar-refractivity contribution in [1.29, 1.82) is 0 Å². The van der Waals surface area contributed by atoms with Gasteiger partial charge in [0, 0.05) is 16.1 Å². The normalized spacial score (nSPS) is 10.2. The van der Waals surface area contributed by atoms with E-state index in [1.54, 1.807) is 54.6 Å². The van der Waals surface area contributed by atoms with E-state index in [0.717, 1.165) is 0 Å². The third-order valence-corrected chi connectivity index (χ3v) is 4.23. The number of aromatic hydroxyl groups is 1. The zero-order valence-electron chi connectivity index (χ0n) is 15.1. The molecule has 0 heterocycles. The molecule has 3 aromatic rings. The molecule has 0 saturated carbocycles. The lowest BCUT2D eigenvalue weighted by Crippen LogP contribution is -2.22. The second kappa shape index (κ2) is 9.03. The molecule has 0 saturated heterocycles. The van der Waals surface area contributed by atoms with E-state index in [1.807, 2.05) is 0 Å². The Bertz CT molecular complexity index is 1070. The quantitative estimate of drug-likeness (QED) is 0.473. The van der Waals surface area contributed by atoms with E-state index in [-0.39, 0.29) is 22.1 Å². The molecule has 0 unspecified atom stereocenters. The Labute approximate surface area is 171 Å². The lowest BCUT2D eigenvalue weighted by molar-refractivity contribution is -0.119. The molecule has 1 amide bonds. The number of anilines is 1. The van der Waals surface area contributed by atoms with Crippen molar-refractivity contribution in [3.05, 3.63) is 94.5 Å². The van der Waals surface area contributed by atoms with Gasteiger partial charge in [0.05, 0.1) is 5.69 Å². The average Bonchev–Trinajstić information content (AvgIpc) is 2.74. The minimum absolute atomic E-state index is 0.148. The van der Waals surface area contributed by atoms with Crippen LogP contribution in [0.1, 0.15) is 26.3 Å². The Balaban J connectivity index is 1.68. The van der Waals surface area contributed by atoms with Gasteiger partial charge >= 0.3 is 5.97 Å². The zero-order chi connectivity index (χ0) is 20.8. The van der Waals surface area contributed by atoms with Gasteiger partial charge in [0.15, 0.2) is 12.4 Å². The fraction of sp³-hybridized carbons (Fsp3) is 0.0455. The van der Waals surface area contributed by atoms with Gasteiger partial charge in [-0.2, -0.15) is 0 Å². The number of carbonyl (C=O) groups is 3. The lowest BCUT2D eigenvalue weighted by atomic mass is 10.0. The summed E-state index contributed by atoms with van der Waals surface area (Å²) in [5.74, 6) is -2.08. The first-order valence-corrected chi connectivity index (χ1v) is 8.98. The minimum atomic E-state index is -0.895. The highest BCUT2D eigenvalue weighted by Crippen LogP contribution is 2.22. The van der Waals surface area contributed by atoms with E-state index >= 15 is 0 Å². The summed E-state index contributed by atoms with van der Waals surface area (Å²) in [6.07, 6.45) is 0. The smallest absolute Gasteiger partial charge is 0.342 e. The molecular weight excluding hydrogens is 394 g/mol. The van der Waals surface area contributed by atoms with Crippen molar-refractivity contribution in [3.63, 3.8) is 0 Å². The molecule has 146 valence electrons. The molecule has 0 aromatic heterocycles. The van der Waals surface area contributed by atoms with Crippen LogP contribution in [0.3, 0.4) is 0 Å². The first-order valence-electron chi connectivity index (χ1n) is 8.60. The summed E-state index contributed by atoms with van der Waals surface area (Å²) in [5, 5.41) is 12.5. The number of nitrogens with one attached hydrogen (secondary N) is 1. The van der Waals surface area contributed by atoms with Crippen molar-refractivity contribution in [2.45, 2.75) is 0 Å². The van der Waals surface area contributed by atoms with Gasteiger partial charge in [-0.15, -0.1) is 0 Å². The largest absolute Gasteiger partial charge is 0.507 e. The number of carbonyl (C=O) groups excluding carboxylic acids is 3. The highest BCUT2D eigenvalue weighted by atomic mass is 35.5. The number of hydrogen-bond acceptors (Lipinski definition) is 5. The Morgan fingerprint density at radius 3 is 2.34 bits per heavy atom.